The quantitative estimate of drug-likeness (QED) is 0.222. The number of hydroxylamine groups is 1. The Morgan fingerprint density at radius 1 is 1.20 bits per heavy atom. The molecule has 0 aliphatic heterocycles. The Morgan fingerprint density at radius 2 is 1.85 bits per heavy atom. The fourth-order valence-corrected chi connectivity index (χ4v) is 1.46. The first kappa shape index (κ1) is 18.7. The van der Waals surface area contributed by atoms with Crippen molar-refractivity contribution in [2.24, 2.45) is 11.5 Å². The summed E-state index contributed by atoms with van der Waals surface area (Å²) in [6.45, 7) is -0.477. The van der Waals surface area contributed by atoms with Crippen LogP contribution in [0.5, 0.6) is 0 Å². The molecule has 0 aromatic rings. The molecule has 2 amide bonds. The molecule has 0 aromatic carbocycles. The summed E-state index contributed by atoms with van der Waals surface area (Å²) in [6.07, 6.45) is -3.19. The molecule has 3 atom stereocenters. The summed E-state index contributed by atoms with van der Waals surface area (Å²) in [5, 5.41) is 28.0. The molecule has 0 aliphatic carbocycles. The van der Waals surface area contributed by atoms with E-state index < -0.39 is 36.7 Å². The Balaban J connectivity index is 4.17. The number of aliphatic hydroxyl groups is 3. The second-order valence-electron chi connectivity index (χ2n) is 4.32. The first-order chi connectivity index (χ1) is 9.42. The molecule has 0 bridgehead atoms. The standard InChI is InChI=1S/C11H23N3O6/c12-5-4-7(16)11(8(17)6-15)20-14-10(19)3-1-2-9(13)18/h7-8,11,15-17H,1-6,12H2,(H2,13,18)(H,14,19)/t7-,8-,11+/m1/s1. The summed E-state index contributed by atoms with van der Waals surface area (Å²) in [5.41, 5.74) is 12.2. The van der Waals surface area contributed by atoms with Gasteiger partial charge >= 0.3 is 0 Å². The highest BCUT2D eigenvalue weighted by molar-refractivity contribution is 5.77. The average Bonchev–Trinajstić information content (AvgIpc) is 2.38. The van der Waals surface area contributed by atoms with Crippen molar-refractivity contribution in [1.29, 1.82) is 0 Å². The second kappa shape index (κ2) is 10.5. The summed E-state index contributed by atoms with van der Waals surface area (Å²) in [6, 6.07) is 0. The zero-order valence-electron chi connectivity index (χ0n) is 11.2. The van der Waals surface area contributed by atoms with Gasteiger partial charge in [-0.15, -0.1) is 0 Å². The largest absolute Gasteiger partial charge is 0.394 e. The third kappa shape index (κ3) is 8.02. The van der Waals surface area contributed by atoms with Crippen LogP contribution in [0, 0.1) is 0 Å². The molecule has 118 valence electrons. The van der Waals surface area contributed by atoms with Crippen molar-refractivity contribution in [3.8, 4) is 0 Å². The SMILES string of the molecule is NCC[C@@H](O)[C@H](ONC(=O)CCCC(N)=O)[C@H](O)CO. The van der Waals surface area contributed by atoms with Crippen LogP contribution in [0.15, 0.2) is 0 Å². The molecule has 8 N–H and O–H groups in total. The van der Waals surface area contributed by atoms with Gasteiger partial charge in [0.05, 0.1) is 12.7 Å². The lowest BCUT2D eigenvalue weighted by Crippen LogP contribution is -2.46. The van der Waals surface area contributed by atoms with Gasteiger partial charge in [0.1, 0.15) is 12.2 Å². The Bertz CT molecular complexity index is 302. The van der Waals surface area contributed by atoms with E-state index in [0.717, 1.165) is 0 Å². The number of rotatable bonds is 11. The van der Waals surface area contributed by atoms with Crippen LogP contribution in [0.3, 0.4) is 0 Å². The lowest BCUT2D eigenvalue weighted by molar-refractivity contribution is -0.165. The second-order valence-corrected chi connectivity index (χ2v) is 4.32. The van der Waals surface area contributed by atoms with Gasteiger partial charge in [-0.2, -0.15) is 0 Å². The fourth-order valence-electron chi connectivity index (χ4n) is 1.46. The minimum absolute atomic E-state index is 0.0118. The third-order valence-corrected chi connectivity index (χ3v) is 2.54. The highest BCUT2D eigenvalue weighted by atomic mass is 16.7. The average molecular weight is 293 g/mol. The fraction of sp³-hybridized carbons (Fsp3) is 0.818. The van der Waals surface area contributed by atoms with Crippen molar-refractivity contribution in [3.05, 3.63) is 0 Å². The van der Waals surface area contributed by atoms with Crippen molar-refractivity contribution in [2.45, 2.75) is 44.0 Å². The van der Waals surface area contributed by atoms with Gasteiger partial charge in [0.2, 0.25) is 11.8 Å². The minimum atomic E-state index is -1.36. The van der Waals surface area contributed by atoms with Crippen LogP contribution in [-0.4, -0.2) is 58.6 Å². The van der Waals surface area contributed by atoms with Crippen LogP contribution in [-0.2, 0) is 14.4 Å². The summed E-state index contributed by atoms with van der Waals surface area (Å²) >= 11 is 0. The third-order valence-electron chi connectivity index (χ3n) is 2.54. The maximum absolute atomic E-state index is 11.4. The maximum Gasteiger partial charge on any atom is 0.243 e. The van der Waals surface area contributed by atoms with Gasteiger partial charge in [-0.05, 0) is 19.4 Å². The molecule has 0 fully saturated rings. The molecule has 0 heterocycles. The number of hydrogen-bond acceptors (Lipinski definition) is 7. The number of carbonyl (C=O) groups excluding carboxylic acids is 2. The number of nitrogens with two attached hydrogens (primary N) is 2. The molecule has 0 unspecified atom stereocenters. The Labute approximate surface area is 116 Å². The zero-order valence-corrected chi connectivity index (χ0v) is 11.2. The molecule has 0 saturated heterocycles. The van der Waals surface area contributed by atoms with E-state index in [1.165, 1.54) is 0 Å². The van der Waals surface area contributed by atoms with Gasteiger partial charge < -0.3 is 26.8 Å². The van der Waals surface area contributed by atoms with E-state index in [2.05, 4.69) is 0 Å². The van der Waals surface area contributed by atoms with Crippen LogP contribution in [0.2, 0.25) is 0 Å². The van der Waals surface area contributed by atoms with E-state index in [0.29, 0.717) is 0 Å². The summed E-state index contributed by atoms with van der Waals surface area (Å²) in [4.78, 5) is 26.8. The van der Waals surface area contributed by atoms with E-state index in [1.54, 1.807) is 0 Å². The molecule has 0 rings (SSSR count). The normalized spacial score (nSPS) is 15.4. The van der Waals surface area contributed by atoms with E-state index in [-0.39, 0.29) is 32.2 Å². The highest BCUT2D eigenvalue weighted by Gasteiger charge is 2.28. The number of amides is 2. The molecular weight excluding hydrogens is 270 g/mol. The number of primary amides is 1. The summed E-state index contributed by atoms with van der Waals surface area (Å²) in [7, 11) is 0. The van der Waals surface area contributed by atoms with E-state index in [1.807, 2.05) is 5.48 Å². The molecular formula is C11H23N3O6. The van der Waals surface area contributed by atoms with Gasteiger partial charge in [0.25, 0.3) is 0 Å². The van der Waals surface area contributed by atoms with Crippen LogP contribution in [0.25, 0.3) is 0 Å². The van der Waals surface area contributed by atoms with Gasteiger partial charge in [0, 0.05) is 12.8 Å². The van der Waals surface area contributed by atoms with Crippen molar-refractivity contribution in [3.63, 3.8) is 0 Å². The lowest BCUT2D eigenvalue weighted by Gasteiger charge is -2.25. The summed E-state index contributed by atoms with van der Waals surface area (Å²) in [5.74, 6) is -1.04. The van der Waals surface area contributed by atoms with E-state index in [9.17, 15) is 19.8 Å². The smallest absolute Gasteiger partial charge is 0.243 e. The molecule has 20 heavy (non-hydrogen) atoms. The van der Waals surface area contributed by atoms with E-state index >= 15 is 0 Å². The number of nitrogens with one attached hydrogen (secondary N) is 1. The molecule has 0 aliphatic rings. The topological polar surface area (TPSA) is 168 Å². The molecule has 0 spiro atoms. The van der Waals surface area contributed by atoms with Gasteiger partial charge in [-0.25, -0.2) is 5.48 Å². The minimum Gasteiger partial charge on any atom is -0.394 e. The number of carbonyl (C=O) groups is 2. The molecule has 0 aromatic heterocycles. The number of aliphatic hydroxyl groups excluding tert-OH is 3. The Hall–Kier alpha value is -1.26. The van der Waals surface area contributed by atoms with Crippen molar-refractivity contribution < 1.29 is 29.7 Å². The molecule has 9 heteroatoms. The monoisotopic (exact) mass is 293 g/mol. The predicted molar refractivity (Wildman–Crippen MR) is 68.8 cm³/mol. The Morgan fingerprint density at radius 3 is 2.35 bits per heavy atom. The van der Waals surface area contributed by atoms with Gasteiger partial charge in [-0.3, -0.25) is 14.4 Å². The van der Waals surface area contributed by atoms with Crippen LogP contribution < -0.4 is 16.9 Å². The molecule has 0 radical (unpaired) electrons. The molecule has 0 saturated carbocycles. The van der Waals surface area contributed by atoms with Crippen LogP contribution in [0.1, 0.15) is 25.7 Å². The van der Waals surface area contributed by atoms with Crippen molar-refractivity contribution in [1.82, 2.24) is 5.48 Å². The van der Waals surface area contributed by atoms with Gasteiger partial charge in [0.15, 0.2) is 0 Å². The maximum atomic E-state index is 11.4. The molecule has 9 nitrogen and oxygen atoms in total. The van der Waals surface area contributed by atoms with Crippen molar-refractivity contribution >= 4 is 11.8 Å². The van der Waals surface area contributed by atoms with Gasteiger partial charge in [-0.1, -0.05) is 0 Å². The predicted octanol–water partition coefficient (Wildman–Crippen LogP) is -2.88. The van der Waals surface area contributed by atoms with Crippen LogP contribution >= 0.6 is 0 Å². The van der Waals surface area contributed by atoms with Crippen molar-refractivity contribution in [2.75, 3.05) is 13.2 Å². The lowest BCUT2D eigenvalue weighted by atomic mass is 10.1. The zero-order chi connectivity index (χ0) is 15.5. The van der Waals surface area contributed by atoms with Crippen LogP contribution in [0.4, 0.5) is 0 Å². The first-order valence-corrected chi connectivity index (χ1v) is 6.32. The van der Waals surface area contributed by atoms with E-state index in [4.69, 9.17) is 21.4 Å². The first-order valence-electron chi connectivity index (χ1n) is 6.32. The summed E-state index contributed by atoms with van der Waals surface area (Å²) < 4.78 is 0. The number of hydrogen-bond donors (Lipinski definition) is 6. The highest BCUT2D eigenvalue weighted by Crippen LogP contribution is 2.07. The Kier molecular flexibility index (Phi) is 9.86.